The van der Waals surface area contributed by atoms with Gasteiger partial charge >= 0.3 is 0 Å². The van der Waals surface area contributed by atoms with E-state index in [4.69, 9.17) is 0 Å². The molecule has 80 valence electrons. The molecule has 0 fully saturated rings. The predicted octanol–water partition coefficient (Wildman–Crippen LogP) is 3.40. The molecule has 0 saturated heterocycles. The Bertz CT molecular complexity index is 479. The summed E-state index contributed by atoms with van der Waals surface area (Å²) < 4.78 is 0. The highest BCUT2D eigenvalue weighted by atomic mass is 31.1. The van der Waals surface area contributed by atoms with Gasteiger partial charge in [-0.05, 0) is 17.7 Å². The zero-order chi connectivity index (χ0) is 11.4. The van der Waals surface area contributed by atoms with Crippen LogP contribution in [0.3, 0.4) is 0 Å². The van der Waals surface area contributed by atoms with E-state index < -0.39 is 7.76 Å². The summed E-state index contributed by atoms with van der Waals surface area (Å²) in [4.78, 5) is 11.9. The van der Waals surface area contributed by atoms with Crippen LogP contribution in [0.1, 0.15) is 16.8 Å². The molecule has 2 atom stereocenters. The quantitative estimate of drug-likeness (QED) is 0.738. The zero-order valence-electron chi connectivity index (χ0n) is 8.91. The lowest BCUT2D eigenvalue weighted by Gasteiger charge is -2.11. The third-order valence-electron chi connectivity index (χ3n) is 2.57. The summed E-state index contributed by atoms with van der Waals surface area (Å²) in [6.07, 6.45) is 1.85. The molecule has 1 aromatic carbocycles. The molecule has 0 amide bonds. The molecular weight excluding hydrogens is 215 g/mol. The Morgan fingerprint density at radius 1 is 1.06 bits per heavy atom. The molecule has 0 aliphatic rings. The Labute approximate surface area is 96.9 Å². The summed E-state index contributed by atoms with van der Waals surface area (Å²) in [5.41, 5.74) is 1.14. The summed E-state index contributed by atoms with van der Waals surface area (Å²) in [6, 6.07) is 15.7. The molecule has 1 aromatic heterocycles. The minimum atomic E-state index is -1.40. The van der Waals surface area contributed by atoms with Crippen LogP contribution in [0.15, 0.2) is 67.0 Å². The maximum absolute atomic E-state index is 11.9. The molecular formula is C14H13OP. The van der Waals surface area contributed by atoms with E-state index in [0.29, 0.717) is 0 Å². The van der Waals surface area contributed by atoms with Crippen molar-refractivity contribution >= 4 is 7.76 Å². The smallest absolute Gasteiger partial charge is 0.133 e. The van der Waals surface area contributed by atoms with Gasteiger partial charge in [0.25, 0.3) is 0 Å². The highest BCUT2D eigenvalue weighted by Crippen LogP contribution is 2.35. The van der Waals surface area contributed by atoms with Crippen LogP contribution in [0, 0.1) is 0 Å². The monoisotopic (exact) mass is 228 g/mol. The number of hydrogen-bond acceptors (Lipinski definition) is 1. The minimum absolute atomic E-state index is 0.0472. The second-order valence-electron chi connectivity index (χ2n) is 3.58. The van der Waals surface area contributed by atoms with E-state index in [1.807, 2.05) is 54.6 Å². The van der Waals surface area contributed by atoms with Gasteiger partial charge in [-0.25, -0.2) is 0 Å². The van der Waals surface area contributed by atoms with Gasteiger partial charge in [-0.15, -0.1) is 6.58 Å². The van der Waals surface area contributed by atoms with Crippen molar-refractivity contribution in [1.29, 1.82) is 0 Å². The summed E-state index contributed by atoms with van der Waals surface area (Å²) in [5.74, 6) is 1.79. The van der Waals surface area contributed by atoms with Crippen LogP contribution in [-0.2, 0) is 0 Å². The standard InChI is InChI=1S/C14H13OP/c1-2-13(12-8-4-3-5-9-12)14-10-6-7-11-16(14)15/h2-11,13H,1H2. The van der Waals surface area contributed by atoms with Gasteiger partial charge in [-0.3, -0.25) is 0 Å². The van der Waals surface area contributed by atoms with E-state index >= 15 is 0 Å². The minimum Gasteiger partial charge on any atom is -0.626 e. The zero-order valence-corrected chi connectivity index (χ0v) is 9.81. The molecule has 2 heteroatoms. The molecule has 0 spiro atoms. The van der Waals surface area contributed by atoms with E-state index in [-0.39, 0.29) is 5.92 Å². The van der Waals surface area contributed by atoms with Gasteiger partial charge in [0.15, 0.2) is 0 Å². The predicted molar refractivity (Wildman–Crippen MR) is 67.4 cm³/mol. The third kappa shape index (κ3) is 2.21. The van der Waals surface area contributed by atoms with E-state index in [1.165, 1.54) is 0 Å². The van der Waals surface area contributed by atoms with Gasteiger partial charge in [0.2, 0.25) is 0 Å². The van der Waals surface area contributed by atoms with Crippen LogP contribution in [0.5, 0.6) is 0 Å². The largest absolute Gasteiger partial charge is 0.626 e. The number of benzene rings is 1. The molecule has 0 radical (unpaired) electrons. The summed E-state index contributed by atoms with van der Waals surface area (Å²) in [7, 11) is -1.40. The van der Waals surface area contributed by atoms with E-state index in [1.54, 1.807) is 5.80 Å². The first-order valence-corrected chi connectivity index (χ1v) is 6.51. The Morgan fingerprint density at radius 3 is 2.38 bits per heavy atom. The first kappa shape index (κ1) is 11.1. The van der Waals surface area contributed by atoms with Crippen molar-refractivity contribution < 1.29 is 4.89 Å². The van der Waals surface area contributed by atoms with Crippen molar-refractivity contribution in [3.8, 4) is 0 Å². The van der Waals surface area contributed by atoms with Crippen LogP contribution in [-0.4, -0.2) is 0 Å². The van der Waals surface area contributed by atoms with Crippen molar-refractivity contribution in [1.82, 2.24) is 0 Å². The van der Waals surface area contributed by atoms with E-state index in [2.05, 4.69) is 6.58 Å². The maximum atomic E-state index is 11.9. The fourth-order valence-corrected chi connectivity index (χ4v) is 2.96. The van der Waals surface area contributed by atoms with Crippen LogP contribution >= 0.6 is 7.76 Å². The van der Waals surface area contributed by atoms with Crippen LogP contribution < -0.4 is 4.89 Å². The van der Waals surface area contributed by atoms with Crippen molar-refractivity contribution in [3.63, 3.8) is 0 Å². The maximum Gasteiger partial charge on any atom is 0.133 e. The van der Waals surface area contributed by atoms with Gasteiger partial charge in [0.05, 0.1) is 13.7 Å². The summed E-state index contributed by atoms with van der Waals surface area (Å²) in [5, 5.41) is 0.929. The molecule has 2 unspecified atom stereocenters. The lowest BCUT2D eigenvalue weighted by atomic mass is 9.98. The normalized spacial score (nSPS) is 13.2. The van der Waals surface area contributed by atoms with Crippen LogP contribution in [0.25, 0.3) is 0 Å². The summed E-state index contributed by atoms with van der Waals surface area (Å²) >= 11 is 0. The number of rotatable bonds is 3. The molecule has 1 nitrogen and oxygen atoms in total. The van der Waals surface area contributed by atoms with Crippen molar-refractivity contribution in [2.45, 2.75) is 5.92 Å². The Morgan fingerprint density at radius 2 is 1.75 bits per heavy atom. The average Bonchev–Trinajstić information content (AvgIpc) is 2.34. The topological polar surface area (TPSA) is 23.1 Å². The van der Waals surface area contributed by atoms with Gasteiger partial charge in [-0.1, -0.05) is 42.5 Å². The van der Waals surface area contributed by atoms with Gasteiger partial charge < -0.3 is 4.89 Å². The van der Waals surface area contributed by atoms with Gasteiger partial charge in [0, 0.05) is 0 Å². The molecule has 16 heavy (non-hydrogen) atoms. The number of allylic oxidation sites excluding steroid dienone is 1. The van der Waals surface area contributed by atoms with E-state index in [9.17, 15) is 4.89 Å². The van der Waals surface area contributed by atoms with E-state index in [0.717, 1.165) is 10.9 Å². The van der Waals surface area contributed by atoms with Gasteiger partial charge in [-0.2, -0.15) is 0 Å². The summed E-state index contributed by atoms with van der Waals surface area (Å²) in [6.45, 7) is 3.84. The van der Waals surface area contributed by atoms with Crippen molar-refractivity contribution in [2.24, 2.45) is 0 Å². The highest BCUT2D eigenvalue weighted by molar-refractivity contribution is 7.42. The Kier molecular flexibility index (Phi) is 3.51. The fourth-order valence-electron chi connectivity index (χ4n) is 1.77. The first-order valence-electron chi connectivity index (χ1n) is 5.18. The SMILES string of the molecule is C=CC(c1ccccc1)c1cccc[p+]1[O-]. The second kappa shape index (κ2) is 5.07. The third-order valence-corrected chi connectivity index (χ3v) is 3.95. The average molecular weight is 228 g/mol. The number of hydrogen-bond donors (Lipinski definition) is 0. The Hall–Kier alpha value is -1.43. The molecule has 0 saturated carbocycles. The molecule has 1 heterocycles. The first-order chi connectivity index (χ1) is 7.83. The second-order valence-corrected chi connectivity index (χ2v) is 5.04. The van der Waals surface area contributed by atoms with Crippen molar-refractivity contribution in [3.05, 3.63) is 77.8 Å². The fraction of sp³-hybridized carbons (Fsp3) is 0.0714. The molecule has 0 bridgehead atoms. The van der Waals surface area contributed by atoms with Crippen LogP contribution in [0.4, 0.5) is 0 Å². The van der Waals surface area contributed by atoms with Gasteiger partial charge in [0.1, 0.15) is 11.1 Å². The molecule has 0 aliphatic carbocycles. The molecule has 0 N–H and O–H groups in total. The molecule has 2 rings (SSSR count). The molecule has 0 aliphatic heterocycles. The van der Waals surface area contributed by atoms with Crippen molar-refractivity contribution in [2.75, 3.05) is 0 Å². The van der Waals surface area contributed by atoms with Crippen LogP contribution in [0.2, 0.25) is 0 Å². The Balaban J connectivity index is 2.45. The highest BCUT2D eigenvalue weighted by Gasteiger charge is 2.16. The molecule has 2 aromatic rings. The lowest BCUT2D eigenvalue weighted by Crippen LogP contribution is -1.99. The lowest BCUT2D eigenvalue weighted by molar-refractivity contribution is -0.150.